The molecular formula is C12H23N3O. The summed E-state index contributed by atoms with van der Waals surface area (Å²) >= 11 is 0. The average molecular weight is 225 g/mol. The van der Waals surface area contributed by atoms with Crippen LogP contribution in [0.15, 0.2) is 0 Å². The van der Waals surface area contributed by atoms with Gasteiger partial charge in [0.15, 0.2) is 0 Å². The van der Waals surface area contributed by atoms with Gasteiger partial charge in [0, 0.05) is 31.6 Å². The highest BCUT2D eigenvalue weighted by Crippen LogP contribution is 2.32. The normalized spacial score (nSPS) is 35.4. The number of rotatable bonds is 2. The molecule has 92 valence electrons. The van der Waals surface area contributed by atoms with Crippen molar-refractivity contribution >= 4 is 5.91 Å². The van der Waals surface area contributed by atoms with Crippen LogP contribution in [0, 0.1) is 11.8 Å². The van der Waals surface area contributed by atoms with Crippen molar-refractivity contribution in [3.63, 3.8) is 0 Å². The Morgan fingerprint density at radius 2 is 2.31 bits per heavy atom. The highest BCUT2D eigenvalue weighted by atomic mass is 16.2. The zero-order valence-corrected chi connectivity index (χ0v) is 10.1. The lowest BCUT2D eigenvalue weighted by molar-refractivity contribution is -0.137. The summed E-state index contributed by atoms with van der Waals surface area (Å²) in [5.41, 5.74) is 5.74. The van der Waals surface area contributed by atoms with E-state index in [2.05, 4.69) is 12.2 Å². The molecule has 1 aliphatic carbocycles. The van der Waals surface area contributed by atoms with Crippen LogP contribution in [0.5, 0.6) is 0 Å². The second kappa shape index (κ2) is 5.15. The molecule has 0 radical (unpaired) electrons. The van der Waals surface area contributed by atoms with Gasteiger partial charge >= 0.3 is 0 Å². The molecule has 1 unspecified atom stereocenters. The van der Waals surface area contributed by atoms with E-state index < -0.39 is 0 Å². The van der Waals surface area contributed by atoms with Crippen molar-refractivity contribution in [1.82, 2.24) is 10.2 Å². The van der Waals surface area contributed by atoms with Gasteiger partial charge in [-0.05, 0) is 32.2 Å². The summed E-state index contributed by atoms with van der Waals surface area (Å²) in [5.74, 6) is 0.981. The van der Waals surface area contributed by atoms with Gasteiger partial charge in [-0.2, -0.15) is 0 Å². The molecule has 0 bridgehead atoms. The van der Waals surface area contributed by atoms with E-state index in [1.165, 1.54) is 6.42 Å². The molecule has 1 saturated carbocycles. The average Bonchev–Trinajstić information content (AvgIpc) is 2.76. The van der Waals surface area contributed by atoms with E-state index in [0.717, 1.165) is 32.5 Å². The van der Waals surface area contributed by atoms with Crippen molar-refractivity contribution < 1.29 is 4.79 Å². The lowest BCUT2D eigenvalue weighted by Gasteiger charge is -2.34. The molecule has 4 nitrogen and oxygen atoms in total. The van der Waals surface area contributed by atoms with E-state index in [-0.39, 0.29) is 5.92 Å². The van der Waals surface area contributed by atoms with Gasteiger partial charge in [-0.3, -0.25) is 4.79 Å². The minimum atomic E-state index is 0.204. The molecule has 0 aromatic rings. The molecule has 2 fully saturated rings. The molecule has 3 atom stereocenters. The van der Waals surface area contributed by atoms with E-state index in [1.807, 2.05) is 4.90 Å². The van der Waals surface area contributed by atoms with E-state index in [1.54, 1.807) is 0 Å². The number of carbonyl (C=O) groups excluding carboxylic acids is 1. The molecule has 3 N–H and O–H groups in total. The second-order valence-corrected chi connectivity index (χ2v) is 5.17. The maximum absolute atomic E-state index is 12.4. The van der Waals surface area contributed by atoms with Crippen LogP contribution in [0.25, 0.3) is 0 Å². The third-order valence-electron chi connectivity index (χ3n) is 3.96. The van der Waals surface area contributed by atoms with Crippen LogP contribution in [-0.4, -0.2) is 43.0 Å². The van der Waals surface area contributed by atoms with Crippen molar-refractivity contribution in [3.8, 4) is 0 Å². The van der Waals surface area contributed by atoms with Crippen molar-refractivity contribution in [3.05, 3.63) is 0 Å². The van der Waals surface area contributed by atoms with E-state index >= 15 is 0 Å². The van der Waals surface area contributed by atoms with Crippen LogP contribution in [0.4, 0.5) is 0 Å². The number of hydrogen-bond donors (Lipinski definition) is 2. The number of piperazine rings is 1. The number of nitrogens with two attached hydrogens (primary N) is 1. The van der Waals surface area contributed by atoms with Gasteiger partial charge in [0.05, 0.1) is 0 Å². The quantitative estimate of drug-likeness (QED) is 0.705. The standard InChI is InChI=1S/C12H23N3O/c1-9-8-15(6-5-14-9)12(16)11-4-2-3-10(11)7-13/h9-11,14H,2-8,13H2,1H3/t9?,10-,11-/m1/s1. The van der Waals surface area contributed by atoms with Crippen LogP contribution in [-0.2, 0) is 4.79 Å². The van der Waals surface area contributed by atoms with Crippen molar-refractivity contribution in [2.75, 3.05) is 26.2 Å². The maximum atomic E-state index is 12.4. The molecule has 1 amide bonds. The summed E-state index contributed by atoms with van der Waals surface area (Å²) < 4.78 is 0. The molecule has 1 saturated heterocycles. The molecule has 1 aliphatic heterocycles. The summed E-state index contributed by atoms with van der Waals surface area (Å²) in [6.07, 6.45) is 3.34. The summed E-state index contributed by atoms with van der Waals surface area (Å²) in [6.45, 7) is 5.43. The predicted molar refractivity (Wildman–Crippen MR) is 63.9 cm³/mol. The number of carbonyl (C=O) groups is 1. The molecule has 4 heteroatoms. The maximum Gasteiger partial charge on any atom is 0.226 e. The Kier molecular flexibility index (Phi) is 3.82. The van der Waals surface area contributed by atoms with Gasteiger partial charge in [-0.1, -0.05) is 6.42 Å². The monoisotopic (exact) mass is 225 g/mol. The van der Waals surface area contributed by atoms with E-state index in [4.69, 9.17) is 5.73 Å². The van der Waals surface area contributed by atoms with Crippen LogP contribution >= 0.6 is 0 Å². The van der Waals surface area contributed by atoms with Crippen LogP contribution in [0.2, 0.25) is 0 Å². The van der Waals surface area contributed by atoms with Gasteiger partial charge in [-0.15, -0.1) is 0 Å². The first kappa shape index (κ1) is 11.9. The Morgan fingerprint density at radius 1 is 1.50 bits per heavy atom. The molecule has 0 aromatic carbocycles. The largest absolute Gasteiger partial charge is 0.340 e. The number of amides is 1. The van der Waals surface area contributed by atoms with Crippen LogP contribution in [0.3, 0.4) is 0 Å². The van der Waals surface area contributed by atoms with E-state index in [0.29, 0.717) is 24.4 Å². The van der Waals surface area contributed by atoms with Crippen molar-refractivity contribution in [2.24, 2.45) is 17.6 Å². The number of nitrogens with one attached hydrogen (secondary N) is 1. The number of nitrogens with zero attached hydrogens (tertiary/aromatic N) is 1. The molecule has 1 heterocycles. The van der Waals surface area contributed by atoms with Crippen molar-refractivity contribution in [2.45, 2.75) is 32.2 Å². The molecule has 16 heavy (non-hydrogen) atoms. The van der Waals surface area contributed by atoms with E-state index in [9.17, 15) is 4.79 Å². The van der Waals surface area contributed by atoms with Gasteiger partial charge in [-0.25, -0.2) is 0 Å². The van der Waals surface area contributed by atoms with Crippen LogP contribution in [0.1, 0.15) is 26.2 Å². The Bertz CT molecular complexity index is 257. The van der Waals surface area contributed by atoms with Gasteiger partial charge in [0.2, 0.25) is 5.91 Å². The minimum Gasteiger partial charge on any atom is -0.340 e. The highest BCUT2D eigenvalue weighted by molar-refractivity contribution is 5.79. The Morgan fingerprint density at radius 3 is 3.00 bits per heavy atom. The lowest BCUT2D eigenvalue weighted by Crippen LogP contribution is -2.53. The molecule has 2 rings (SSSR count). The topological polar surface area (TPSA) is 58.4 Å². The lowest BCUT2D eigenvalue weighted by atomic mass is 9.94. The van der Waals surface area contributed by atoms with Gasteiger partial charge in [0.1, 0.15) is 0 Å². The number of hydrogen-bond acceptors (Lipinski definition) is 3. The summed E-state index contributed by atoms with van der Waals surface area (Å²) in [7, 11) is 0. The fourth-order valence-corrected chi connectivity index (χ4v) is 3.01. The van der Waals surface area contributed by atoms with Crippen molar-refractivity contribution in [1.29, 1.82) is 0 Å². The zero-order chi connectivity index (χ0) is 11.5. The summed E-state index contributed by atoms with van der Waals surface area (Å²) in [5, 5.41) is 3.36. The fraction of sp³-hybridized carbons (Fsp3) is 0.917. The first-order chi connectivity index (χ1) is 7.72. The smallest absolute Gasteiger partial charge is 0.226 e. The second-order valence-electron chi connectivity index (χ2n) is 5.17. The first-order valence-electron chi connectivity index (χ1n) is 6.44. The molecular weight excluding hydrogens is 202 g/mol. The predicted octanol–water partition coefficient (Wildman–Crippen LogP) is 0.182. The molecule has 2 aliphatic rings. The fourth-order valence-electron chi connectivity index (χ4n) is 3.01. The third kappa shape index (κ3) is 2.38. The third-order valence-corrected chi connectivity index (χ3v) is 3.96. The minimum absolute atomic E-state index is 0.204. The highest BCUT2D eigenvalue weighted by Gasteiger charge is 2.35. The Hall–Kier alpha value is -0.610. The summed E-state index contributed by atoms with van der Waals surface area (Å²) in [4.78, 5) is 14.4. The molecule has 0 spiro atoms. The van der Waals surface area contributed by atoms with Gasteiger partial charge in [0.25, 0.3) is 0 Å². The molecule has 0 aromatic heterocycles. The SMILES string of the molecule is CC1CN(C(=O)[C@@H]2CCC[C@@H]2CN)CCN1. The van der Waals surface area contributed by atoms with Gasteiger partial charge < -0.3 is 16.0 Å². The summed E-state index contributed by atoms with van der Waals surface area (Å²) in [6, 6.07) is 0.426. The Balaban J connectivity index is 1.95. The first-order valence-corrected chi connectivity index (χ1v) is 6.44. The van der Waals surface area contributed by atoms with Crippen LogP contribution < -0.4 is 11.1 Å². The zero-order valence-electron chi connectivity index (χ0n) is 10.1. The Labute approximate surface area is 97.6 Å².